The summed E-state index contributed by atoms with van der Waals surface area (Å²) in [5.41, 5.74) is 2.53. The Morgan fingerprint density at radius 3 is 2.46 bits per heavy atom. The first-order chi connectivity index (χ1) is 12.7. The van der Waals surface area contributed by atoms with Gasteiger partial charge in [0.1, 0.15) is 5.75 Å². The van der Waals surface area contributed by atoms with Gasteiger partial charge in [0.05, 0.1) is 7.11 Å². The standard InChI is InChI=1S/C21H26N2O2S/c1-17-4-3-5-18(16-17)22-11-13-23(14-12-22)21(24)10-15-26-20-8-6-19(25-2)7-9-20/h3-9,16H,10-15H2,1-2H3. The molecule has 0 aliphatic carbocycles. The molecule has 1 amide bonds. The Labute approximate surface area is 160 Å². The van der Waals surface area contributed by atoms with E-state index in [0.717, 1.165) is 37.7 Å². The van der Waals surface area contributed by atoms with Crippen LogP contribution in [0.2, 0.25) is 0 Å². The molecule has 0 N–H and O–H groups in total. The number of ether oxygens (including phenoxy) is 1. The van der Waals surface area contributed by atoms with Crippen LogP contribution in [0.1, 0.15) is 12.0 Å². The van der Waals surface area contributed by atoms with Gasteiger partial charge in [0, 0.05) is 48.9 Å². The summed E-state index contributed by atoms with van der Waals surface area (Å²) in [7, 11) is 1.67. The lowest BCUT2D eigenvalue weighted by molar-refractivity contribution is -0.131. The summed E-state index contributed by atoms with van der Waals surface area (Å²) in [6.45, 7) is 5.53. The molecule has 4 nitrogen and oxygen atoms in total. The van der Waals surface area contributed by atoms with Gasteiger partial charge in [0.25, 0.3) is 0 Å². The summed E-state index contributed by atoms with van der Waals surface area (Å²) in [5, 5.41) is 0. The van der Waals surface area contributed by atoms with Crippen LogP contribution in [0.4, 0.5) is 5.69 Å². The van der Waals surface area contributed by atoms with Crippen molar-refractivity contribution in [1.29, 1.82) is 0 Å². The lowest BCUT2D eigenvalue weighted by atomic mass is 10.2. The molecule has 5 heteroatoms. The summed E-state index contributed by atoms with van der Waals surface area (Å²) >= 11 is 1.72. The Morgan fingerprint density at radius 1 is 1.08 bits per heavy atom. The number of aryl methyl sites for hydroxylation is 1. The predicted octanol–water partition coefficient (Wildman–Crippen LogP) is 3.83. The minimum atomic E-state index is 0.259. The Kier molecular flexibility index (Phi) is 6.45. The van der Waals surface area contributed by atoms with E-state index in [1.165, 1.54) is 16.1 Å². The number of carbonyl (C=O) groups excluding carboxylic acids is 1. The van der Waals surface area contributed by atoms with Crippen molar-refractivity contribution in [3.63, 3.8) is 0 Å². The first-order valence-electron chi connectivity index (χ1n) is 9.02. The molecule has 138 valence electrons. The van der Waals surface area contributed by atoms with Crippen LogP contribution in [-0.2, 0) is 4.79 Å². The zero-order valence-electron chi connectivity index (χ0n) is 15.5. The molecular weight excluding hydrogens is 344 g/mol. The van der Waals surface area contributed by atoms with Gasteiger partial charge in [-0.05, 0) is 48.9 Å². The van der Waals surface area contributed by atoms with E-state index in [0.29, 0.717) is 6.42 Å². The van der Waals surface area contributed by atoms with Crippen LogP contribution < -0.4 is 9.64 Å². The second-order valence-corrected chi connectivity index (χ2v) is 7.65. The molecule has 1 fully saturated rings. The smallest absolute Gasteiger partial charge is 0.223 e. The number of hydrogen-bond acceptors (Lipinski definition) is 4. The van der Waals surface area contributed by atoms with E-state index in [1.807, 2.05) is 29.2 Å². The van der Waals surface area contributed by atoms with Crippen molar-refractivity contribution >= 4 is 23.4 Å². The molecule has 1 heterocycles. The maximum absolute atomic E-state index is 12.5. The van der Waals surface area contributed by atoms with Crippen molar-refractivity contribution in [1.82, 2.24) is 4.90 Å². The van der Waals surface area contributed by atoms with Crippen LogP contribution in [0.3, 0.4) is 0 Å². The van der Waals surface area contributed by atoms with Crippen LogP contribution in [0.5, 0.6) is 5.75 Å². The number of nitrogens with zero attached hydrogens (tertiary/aromatic N) is 2. The molecule has 2 aromatic rings. The molecule has 0 saturated carbocycles. The Hall–Kier alpha value is -2.14. The number of benzene rings is 2. The molecule has 1 aliphatic rings. The van der Waals surface area contributed by atoms with Gasteiger partial charge in [0.2, 0.25) is 5.91 Å². The van der Waals surface area contributed by atoms with Gasteiger partial charge in [0.15, 0.2) is 0 Å². The van der Waals surface area contributed by atoms with E-state index in [4.69, 9.17) is 4.74 Å². The van der Waals surface area contributed by atoms with Gasteiger partial charge < -0.3 is 14.5 Å². The average molecular weight is 371 g/mol. The topological polar surface area (TPSA) is 32.8 Å². The van der Waals surface area contributed by atoms with Gasteiger partial charge >= 0.3 is 0 Å². The van der Waals surface area contributed by atoms with Crippen molar-refractivity contribution in [3.05, 3.63) is 54.1 Å². The minimum Gasteiger partial charge on any atom is -0.497 e. The number of anilines is 1. The molecule has 0 unspecified atom stereocenters. The fraction of sp³-hybridized carbons (Fsp3) is 0.381. The largest absolute Gasteiger partial charge is 0.497 e. The highest BCUT2D eigenvalue weighted by Gasteiger charge is 2.21. The third-order valence-electron chi connectivity index (χ3n) is 4.64. The van der Waals surface area contributed by atoms with Crippen LogP contribution in [0, 0.1) is 6.92 Å². The number of piperazine rings is 1. The monoisotopic (exact) mass is 370 g/mol. The number of thioether (sulfide) groups is 1. The zero-order chi connectivity index (χ0) is 18.4. The second kappa shape index (κ2) is 8.99. The molecule has 1 aliphatic heterocycles. The number of hydrogen-bond donors (Lipinski definition) is 0. The van der Waals surface area contributed by atoms with Gasteiger partial charge in [-0.15, -0.1) is 11.8 Å². The number of amides is 1. The molecule has 0 aromatic heterocycles. The fourth-order valence-electron chi connectivity index (χ4n) is 3.12. The van der Waals surface area contributed by atoms with E-state index in [1.54, 1.807) is 18.9 Å². The third kappa shape index (κ3) is 4.94. The molecule has 2 aromatic carbocycles. The molecular formula is C21H26N2O2S. The van der Waals surface area contributed by atoms with Crippen LogP contribution in [-0.4, -0.2) is 49.8 Å². The fourth-order valence-corrected chi connectivity index (χ4v) is 3.97. The van der Waals surface area contributed by atoms with Crippen molar-refractivity contribution < 1.29 is 9.53 Å². The Morgan fingerprint density at radius 2 is 1.81 bits per heavy atom. The summed E-state index contributed by atoms with van der Waals surface area (Å²) in [5.74, 6) is 1.93. The first kappa shape index (κ1) is 18.6. The normalized spacial score (nSPS) is 14.4. The van der Waals surface area contributed by atoms with Gasteiger partial charge in [-0.25, -0.2) is 0 Å². The molecule has 3 rings (SSSR count). The maximum atomic E-state index is 12.5. The summed E-state index contributed by atoms with van der Waals surface area (Å²) in [6, 6.07) is 16.5. The highest BCUT2D eigenvalue weighted by atomic mass is 32.2. The highest BCUT2D eigenvalue weighted by molar-refractivity contribution is 7.99. The molecule has 0 radical (unpaired) electrons. The zero-order valence-corrected chi connectivity index (χ0v) is 16.3. The minimum absolute atomic E-state index is 0.259. The lowest BCUT2D eigenvalue weighted by Crippen LogP contribution is -2.48. The van der Waals surface area contributed by atoms with Gasteiger partial charge in [-0.1, -0.05) is 12.1 Å². The van der Waals surface area contributed by atoms with E-state index in [9.17, 15) is 4.79 Å². The predicted molar refractivity (Wildman–Crippen MR) is 108 cm³/mol. The van der Waals surface area contributed by atoms with Gasteiger partial charge in [-0.3, -0.25) is 4.79 Å². The summed E-state index contributed by atoms with van der Waals surface area (Å²) in [6.07, 6.45) is 0.584. The number of methoxy groups -OCH3 is 1. The van der Waals surface area contributed by atoms with Gasteiger partial charge in [-0.2, -0.15) is 0 Å². The van der Waals surface area contributed by atoms with Crippen molar-refractivity contribution in [2.75, 3.05) is 43.9 Å². The van der Waals surface area contributed by atoms with E-state index < -0.39 is 0 Å². The molecule has 0 spiro atoms. The van der Waals surface area contributed by atoms with Crippen LogP contribution in [0.25, 0.3) is 0 Å². The van der Waals surface area contributed by atoms with E-state index in [2.05, 4.69) is 36.1 Å². The number of carbonyl (C=O) groups is 1. The Balaban J connectivity index is 1.42. The average Bonchev–Trinajstić information content (AvgIpc) is 2.68. The highest BCUT2D eigenvalue weighted by Crippen LogP contribution is 2.22. The molecule has 1 saturated heterocycles. The summed E-state index contributed by atoms with van der Waals surface area (Å²) < 4.78 is 5.16. The third-order valence-corrected chi connectivity index (χ3v) is 5.66. The van der Waals surface area contributed by atoms with Crippen LogP contribution >= 0.6 is 11.8 Å². The van der Waals surface area contributed by atoms with Crippen molar-refractivity contribution in [3.8, 4) is 5.75 Å². The number of rotatable bonds is 6. The second-order valence-electron chi connectivity index (χ2n) is 6.48. The quantitative estimate of drug-likeness (QED) is 0.724. The van der Waals surface area contributed by atoms with Crippen LogP contribution in [0.15, 0.2) is 53.4 Å². The van der Waals surface area contributed by atoms with Crippen molar-refractivity contribution in [2.24, 2.45) is 0 Å². The molecule has 0 bridgehead atoms. The van der Waals surface area contributed by atoms with E-state index >= 15 is 0 Å². The summed E-state index contributed by atoms with van der Waals surface area (Å²) in [4.78, 5) is 18.0. The molecule has 26 heavy (non-hydrogen) atoms. The lowest BCUT2D eigenvalue weighted by Gasteiger charge is -2.36. The molecule has 0 atom stereocenters. The Bertz CT molecular complexity index is 725. The van der Waals surface area contributed by atoms with Crippen molar-refractivity contribution in [2.45, 2.75) is 18.2 Å². The maximum Gasteiger partial charge on any atom is 0.223 e. The first-order valence-corrected chi connectivity index (χ1v) is 10.0. The van der Waals surface area contributed by atoms with E-state index in [-0.39, 0.29) is 5.91 Å². The SMILES string of the molecule is COc1ccc(SCCC(=O)N2CCN(c3cccc(C)c3)CC2)cc1.